The monoisotopic (exact) mass is 188 g/mol. The molecule has 0 radical (unpaired) electrons. The van der Waals surface area contributed by atoms with E-state index in [-0.39, 0.29) is 18.5 Å². The van der Waals surface area contributed by atoms with Gasteiger partial charge in [0.05, 0.1) is 6.61 Å². The van der Waals surface area contributed by atoms with Gasteiger partial charge in [-0.3, -0.25) is 4.79 Å². The molecule has 0 amide bonds. The zero-order chi connectivity index (χ0) is 10.1. The number of hydrogen-bond acceptors (Lipinski definition) is 3. The van der Waals surface area contributed by atoms with Crippen molar-refractivity contribution in [2.24, 2.45) is 5.92 Å². The van der Waals surface area contributed by atoms with Gasteiger partial charge in [0.1, 0.15) is 12.6 Å². The van der Waals surface area contributed by atoms with Crippen LogP contribution >= 0.6 is 0 Å². The molecule has 0 aliphatic rings. The zero-order valence-corrected chi connectivity index (χ0v) is 8.58. The van der Waals surface area contributed by atoms with Gasteiger partial charge in [-0.15, -0.1) is 0 Å². The van der Waals surface area contributed by atoms with Crippen LogP contribution in [0.2, 0.25) is 0 Å². The smallest absolute Gasteiger partial charge is 0.143 e. The van der Waals surface area contributed by atoms with Crippen LogP contribution in [0.3, 0.4) is 0 Å². The van der Waals surface area contributed by atoms with E-state index in [1.807, 2.05) is 13.8 Å². The first-order valence-corrected chi connectivity index (χ1v) is 4.97. The fourth-order valence-corrected chi connectivity index (χ4v) is 1.33. The highest BCUT2D eigenvalue weighted by Gasteiger charge is 2.16. The van der Waals surface area contributed by atoms with Crippen molar-refractivity contribution in [1.82, 2.24) is 0 Å². The van der Waals surface area contributed by atoms with E-state index in [0.29, 0.717) is 13.0 Å². The van der Waals surface area contributed by atoms with Crippen LogP contribution in [0, 0.1) is 5.92 Å². The first-order valence-electron chi connectivity index (χ1n) is 4.97. The normalized spacial score (nSPS) is 12.8. The van der Waals surface area contributed by atoms with Crippen LogP contribution in [0.5, 0.6) is 0 Å². The minimum Gasteiger partial charge on any atom is -0.371 e. The lowest BCUT2D eigenvalue weighted by molar-refractivity contribution is -0.126. The maximum atomic E-state index is 11.5. The Balaban J connectivity index is 3.83. The molecule has 3 heteroatoms. The minimum absolute atomic E-state index is 0.0166. The van der Waals surface area contributed by atoms with Crippen LogP contribution in [0.15, 0.2) is 0 Å². The number of carbonyl (C=O) groups is 1. The van der Waals surface area contributed by atoms with E-state index >= 15 is 0 Å². The van der Waals surface area contributed by atoms with Crippen LogP contribution in [0.1, 0.15) is 39.5 Å². The van der Waals surface area contributed by atoms with Gasteiger partial charge in [-0.1, -0.05) is 20.3 Å². The van der Waals surface area contributed by atoms with E-state index in [0.717, 1.165) is 19.3 Å². The molecule has 0 aromatic carbocycles. The Labute approximate surface area is 80.1 Å². The molecular weight excluding hydrogens is 168 g/mol. The van der Waals surface area contributed by atoms with E-state index in [4.69, 9.17) is 9.84 Å². The molecule has 0 aromatic rings. The van der Waals surface area contributed by atoms with Crippen molar-refractivity contribution in [3.05, 3.63) is 0 Å². The summed E-state index contributed by atoms with van der Waals surface area (Å²) >= 11 is 0. The van der Waals surface area contributed by atoms with E-state index in [2.05, 4.69) is 0 Å². The van der Waals surface area contributed by atoms with Crippen molar-refractivity contribution in [3.8, 4) is 0 Å². The summed E-state index contributed by atoms with van der Waals surface area (Å²) in [6.45, 7) is 4.11. The van der Waals surface area contributed by atoms with Gasteiger partial charge in [0.25, 0.3) is 0 Å². The van der Waals surface area contributed by atoms with Crippen LogP contribution in [-0.4, -0.2) is 24.3 Å². The van der Waals surface area contributed by atoms with Crippen molar-refractivity contribution in [3.63, 3.8) is 0 Å². The lowest BCUT2D eigenvalue weighted by Crippen LogP contribution is -2.20. The molecule has 0 aliphatic carbocycles. The maximum Gasteiger partial charge on any atom is 0.143 e. The molecule has 3 nitrogen and oxygen atoms in total. The molecule has 0 saturated heterocycles. The number of Topliss-reactive ketones (excluding diaryl/α,β-unsaturated/α-hetero) is 1. The van der Waals surface area contributed by atoms with Crippen molar-refractivity contribution in [2.75, 3.05) is 13.4 Å². The molecular formula is C10H20O3. The molecule has 0 rings (SSSR count). The lowest BCUT2D eigenvalue weighted by Gasteiger charge is -2.13. The summed E-state index contributed by atoms with van der Waals surface area (Å²) < 4.78 is 4.85. The van der Waals surface area contributed by atoms with Crippen LogP contribution in [0.25, 0.3) is 0 Å². The van der Waals surface area contributed by atoms with Crippen molar-refractivity contribution in [1.29, 1.82) is 0 Å². The van der Waals surface area contributed by atoms with Gasteiger partial charge in [0.2, 0.25) is 0 Å². The fraction of sp³-hybridized carbons (Fsp3) is 0.900. The largest absolute Gasteiger partial charge is 0.371 e. The van der Waals surface area contributed by atoms with E-state index in [1.54, 1.807) is 0 Å². The highest BCUT2D eigenvalue weighted by atomic mass is 16.6. The summed E-state index contributed by atoms with van der Waals surface area (Å²) in [4.78, 5) is 11.5. The summed E-state index contributed by atoms with van der Waals surface area (Å²) in [5, 5.41) is 8.46. The molecule has 0 heterocycles. The number of carbonyl (C=O) groups excluding carboxylic acids is 1. The Bertz CT molecular complexity index is 134. The number of aliphatic hydroxyl groups is 1. The van der Waals surface area contributed by atoms with Crippen molar-refractivity contribution < 1.29 is 14.6 Å². The third kappa shape index (κ3) is 5.77. The summed E-state index contributed by atoms with van der Waals surface area (Å²) in [6, 6.07) is 0. The first-order chi connectivity index (χ1) is 6.26. The molecule has 0 aliphatic heterocycles. The second kappa shape index (κ2) is 8.20. The molecule has 13 heavy (non-hydrogen) atoms. The first kappa shape index (κ1) is 12.6. The van der Waals surface area contributed by atoms with Crippen molar-refractivity contribution >= 4 is 5.78 Å². The summed E-state index contributed by atoms with van der Waals surface area (Å²) in [6.07, 6.45) is 3.35. The fourth-order valence-electron chi connectivity index (χ4n) is 1.33. The Morgan fingerprint density at radius 1 is 1.38 bits per heavy atom. The van der Waals surface area contributed by atoms with Crippen molar-refractivity contribution in [2.45, 2.75) is 39.5 Å². The summed E-state index contributed by atoms with van der Waals surface area (Å²) in [7, 11) is 0. The number of ether oxygens (including phenoxy) is 1. The second-order valence-corrected chi connectivity index (χ2v) is 3.20. The molecule has 0 fully saturated rings. The third-order valence-electron chi connectivity index (χ3n) is 2.00. The zero-order valence-electron chi connectivity index (χ0n) is 8.58. The molecule has 0 spiro atoms. The van der Waals surface area contributed by atoms with E-state index < -0.39 is 0 Å². The standard InChI is InChI=1S/C10H20O3/c1-3-5-9(7-13-8-11)10(12)6-4-2/h9,11H,3-8H2,1-2H3/t9-/m0/s1. The number of hydrogen-bond donors (Lipinski definition) is 1. The van der Waals surface area contributed by atoms with Crippen LogP contribution < -0.4 is 0 Å². The number of ketones is 1. The highest BCUT2D eigenvalue weighted by molar-refractivity contribution is 5.81. The van der Waals surface area contributed by atoms with Gasteiger partial charge in [-0.25, -0.2) is 0 Å². The Morgan fingerprint density at radius 3 is 2.54 bits per heavy atom. The van der Waals surface area contributed by atoms with Gasteiger partial charge in [0.15, 0.2) is 0 Å². The minimum atomic E-state index is -0.292. The second-order valence-electron chi connectivity index (χ2n) is 3.20. The quantitative estimate of drug-likeness (QED) is 0.590. The van der Waals surface area contributed by atoms with Gasteiger partial charge >= 0.3 is 0 Å². The molecule has 78 valence electrons. The summed E-state index contributed by atoms with van der Waals surface area (Å²) in [5.74, 6) is 0.245. The Kier molecular flexibility index (Phi) is 7.94. The molecule has 0 saturated carbocycles. The van der Waals surface area contributed by atoms with E-state index in [9.17, 15) is 4.79 Å². The van der Waals surface area contributed by atoms with Gasteiger partial charge in [-0.2, -0.15) is 0 Å². The average molecular weight is 188 g/mol. The predicted octanol–water partition coefficient (Wildman–Crippen LogP) is 1.74. The number of rotatable bonds is 8. The Hall–Kier alpha value is -0.410. The molecule has 0 aromatic heterocycles. The van der Waals surface area contributed by atoms with Crippen LogP contribution in [0.4, 0.5) is 0 Å². The third-order valence-corrected chi connectivity index (χ3v) is 2.00. The SMILES string of the molecule is CCCC(=O)[C@@H](CCC)COCO. The molecule has 1 atom stereocenters. The number of aliphatic hydroxyl groups excluding tert-OH is 1. The van der Waals surface area contributed by atoms with E-state index in [1.165, 1.54) is 0 Å². The molecule has 1 N–H and O–H groups in total. The van der Waals surface area contributed by atoms with Crippen LogP contribution in [-0.2, 0) is 9.53 Å². The van der Waals surface area contributed by atoms with Gasteiger partial charge in [-0.05, 0) is 12.8 Å². The van der Waals surface area contributed by atoms with Gasteiger partial charge < -0.3 is 9.84 Å². The molecule has 0 unspecified atom stereocenters. The average Bonchev–Trinajstić information content (AvgIpc) is 2.12. The topological polar surface area (TPSA) is 46.5 Å². The summed E-state index contributed by atoms with van der Waals surface area (Å²) in [5.41, 5.74) is 0. The molecule has 0 bridgehead atoms. The maximum absolute atomic E-state index is 11.5. The highest BCUT2D eigenvalue weighted by Crippen LogP contribution is 2.11. The lowest BCUT2D eigenvalue weighted by atomic mass is 9.97. The predicted molar refractivity (Wildman–Crippen MR) is 51.4 cm³/mol. The Morgan fingerprint density at radius 2 is 2.08 bits per heavy atom. The van der Waals surface area contributed by atoms with Gasteiger partial charge in [0, 0.05) is 12.3 Å².